The van der Waals surface area contributed by atoms with Crippen LogP contribution < -0.4 is 20.7 Å². The first kappa shape index (κ1) is 38.0. The number of halogens is 1. The van der Waals surface area contributed by atoms with E-state index in [2.05, 4.69) is 227 Å². The fraction of sp³-hybridized carbons (Fsp3) is 0.302. The Hall–Kier alpha value is -2.82. The largest absolute Gasteiger partial charge is 0.401 e. The van der Waals surface area contributed by atoms with Crippen LogP contribution in [0.15, 0.2) is 156 Å². The van der Waals surface area contributed by atoms with Gasteiger partial charge < -0.3 is 8.85 Å². The van der Waals surface area contributed by atoms with E-state index in [0.29, 0.717) is 0 Å². The predicted molar refractivity (Wildman–Crippen MR) is 221 cm³/mol. The maximum absolute atomic E-state index is 7.42. The molecule has 48 heavy (non-hydrogen) atoms. The van der Waals surface area contributed by atoms with Gasteiger partial charge in [0, 0.05) is 0 Å². The van der Waals surface area contributed by atoms with Crippen molar-refractivity contribution in [3.05, 3.63) is 156 Å². The number of allylic oxidation sites excluding steroid dienone is 2. The highest BCUT2D eigenvalue weighted by Gasteiger charge is 2.52. The first-order valence-corrected chi connectivity index (χ1v) is 22.2. The Morgan fingerprint density at radius 1 is 0.542 bits per heavy atom. The lowest BCUT2D eigenvalue weighted by atomic mass is 10.2. The molecule has 2 atom stereocenters. The van der Waals surface area contributed by atoms with Crippen molar-refractivity contribution in [2.75, 3.05) is 0 Å². The molecule has 0 spiro atoms. The molecule has 0 aliphatic carbocycles. The SMILES string of the molecule is CC[C@H](/C=C/C=C\C[C@H](/C=C/I)O[Si](c1ccccc1)(c1ccccc1)C(C)(C)C)O[Si](c1ccccc1)(c1ccccc1)C(C)(C)C. The Kier molecular flexibility index (Phi) is 13.6. The van der Waals surface area contributed by atoms with E-state index in [0.717, 1.165) is 12.8 Å². The molecule has 5 heteroatoms. The Morgan fingerprint density at radius 2 is 0.896 bits per heavy atom. The molecule has 2 nitrogen and oxygen atoms in total. The van der Waals surface area contributed by atoms with Gasteiger partial charge in [0.1, 0.15) is 0 Å². The van der Waals surface area contributed by atoms with Crippen LogP contribution in [-0.2, 0) is 8.85 Å². The van der Waals surface area contributed by atoms with E-state index in [4.69, 9.17) is 8.85 Å². The van der Waals surface area contributed by atoms with Crippen LogP contribution in [0.3, 0.4) is 0 Å². The van der Waals surface area contributed by atoms with Crippen molar-refractivity contribution in [3.8, 4) is 0 Å². The Bertz CT molecular complexity index is 1530. The highest BCUT2D eigenvalue weighted by molar-refractivity contribution is 14.1. The molecule has 4 rings (SSSR count). The molecular weight excluding hydrogens is 732 g/mol. The zero-order valence-corrected chi connectivity index (χ0v) is 33.9. The van der Waals surface area contributed by atoms with Gasteiger partial charge in [0.25, 0.3) is 16.6 Å². The van der Waals surface area contributed by atoms with Crippen molar-refractivity contribution in [2.24, 2.45) is 0 Å². The van der Waals surface area contributed by atoms with E-state index >= 15 is 0 Å². The van der Waals surface area contributed by atoms with Gasteiger partial charge in [-0.1, -0.05) is 223 Å². The quantitative estimate of drug-likeness (QED) is 0.0721. The van der Waals surface area contributed by atoms with Crippen LogP contribution in [0.1, 0.15) is 61.3 Å². The minimum absolute atomic E-state index is 0.0145. The summed E-state index contributed by atoms with van der Waals surface area (Å²) in [5, 5.41) is 5.06. The summed E-state index contributed by atoms with van der Waals surface area (Å²) in [7, 11) is -5.31. The molecule has 0 amide bonds. The summed E-state index contributed by atoms with van der Waals surface area (Å²) in [5.74, 6) is 0. The first-order valence-electron chi connectivity index (χ1n) is 17.2. The topological polar surface area (TPSA) is 18.5 Å². The van der Waals surface area contributed by atoms with Crippen molar-refractivity contribution in [1.29, 1.82) is 0 Å². The summed E-state index contributed by atoms with van der Waals surface area (Å²) in [6.45, 7) is 16.2. The average Bonchev–Trinajstić information content (AvgIpc) is 3.08. The van der Waals surface area contributed by atoms with Crippen LogP contribution >= 0.6 is 22.6 Å². The van der Waals surface area contributed by atoms with E-state index in [9.17, 15) is 0 Å². The third-order valence-corrected chi connectivity index (χ3v) is 19.7. The van der Waals surface area contributed by atoms with Crippen LogP contribution in [0.4, 0.5) is 0 Å². The molecule has 0 aliphatic heterocycles. The van der Waals surface area contributed by atoms with Crippen LogP contribution in [-0.4, -0.2) is 28.8 Å². The minimum Gasteiger partial charge on any atom is -0.401 e. The average molecular weight is 785 g/mol. The van der Waals surface area contributed by atoms with Gasteiger partial charge >= 0.3 is 0 Å². The second-order valence-electron chi connectivity index (χ2n) is 14.4. The fourth-order valence-corrected chi connectivity index (χ4v) is 16.6. The third kappa shape index (κ3) is 8.66. The second-order valence-corrected chi connectivity index (χ2v) is 23.6. The molecular formula is C43H53IO2Si2. The third-order valence-electron chi connectivity index (χ3n) is 9.12. The molecule has 0 bridgehead atoms. The molecule has 0 aliphatic rings. The molecule has 0 aromatic heterocycles. The Morgan fingerprint density at radius 3 is 1.21 bits per heavy atom. The molecule has 4 aromatic carbocycles. The van der Waals surface area contributed by atoms with E-state index in [-0.39, 0.29) is 22.3 Å². The molecule has 0 saturated heterocycles. The normalized spacial score (nSPS) is 14.6. The van der Waals surface area contributed by atoms with Crippen molar-refractivity contribution in [2.45, 2.75) is 83.6 Å². The molecule has 0 fully saturated rings. The first-order chi connectivity index (χ1) is 23.0. The predicted octanol–water partition coefficient (Wildman–Crippen LogP) is 9.74. The summed E-state index contributed by atoms with van der Waals surface area (Å²) < 4.78 is 16.9. The lowest BCUT2D eigenvalue weighted by molar-refractivity contribution is 0.229. The molecule has 0 radical (unpaired) electrons. The molecule has 0 heterocycles. The van der Waals surface area contributed by atoms with Crippen LogP contribution in [0.2, 0.25) is 10.1 Å². The zero-order chi connectivity index (χ0) is 34.7. The van der Waals surface area contributed by atoms with Gasteiger partial charge in [-0.2, -0.15) is 0 Å². The van der Waals surface area contributed by atoms with Crippen molar-refractivity contribution < 1.29 is 8.85 Å². The highest BCUT2D eigenvalue weighted by Crippen LogP contribution is 2.39. The van der Waals surface area contributed by atoms with E-state index in [1.165, 1.54) is 20.7 Å². The summed E-state index contributed by atoms with van der Waals surface area (Å²) in [6, 6.07) is 43.6. The monoisotopic (exact) mass is 784 g/mol. The molecule has 0 unspecified atom stereocenters. The van der Waals surface area contributed by atoms with E-state index in [1.807, 2.05) is 0 Å². The molecule has 0 N–H and O–H groups in total. The van der Waals surface area contributed by atoms with Crippen LogP contribution in [0.25, 0.3) is 0 Å². The number of benzene rings is 4. The van der Waals surface area contributed by atoms with Gasteiger partial charge in [-0.15, -0.1) is 0 Å². The second kappa shape index (κ2) is 17.2. The molecule has 252 valence electrons. The van der Waals surface area contributed by atoms with Gasteiger partial charge in [0.2, 0.25) is 0 Å². The van der Waals surface area contributed by atoms with E-state index in [1.54, 1.807) is 0 Å². The lowest BCUT2D eigenvalue weighted by Gasteiger charge is -2.44. The van der Waals surface area contributed by atoms with Crippen molar-refractivity contribution >= 4 is 60.0 Å². The fourth-order valence-electron chi connectivity index (χ4n) is 6.82. The van der Waals surface area contributed by atoms with E-state index < -0.39 is 16.6 Å². The lowest BCUT2D eigenvalue weighted by Crippen LogP contribution is -2.67. The van der Waals surface area contributed by atoms with Gasteiger partial charge in [0.15, 0.2) is 0 Å². The molecule has 4 aromatic rings. The van der Waals surface area contributed by atoms with Crippen LogP contribution in [0, 0.1) is 0 Å². The standard InChI is InChI=1S/C43H53IO2Si2/c1-8-36(45-47(42(2,3)4,38-26-16-10-17-27-38)39-28-18-11-19-29-39)24-14-9-15-25-37(34-35-44)46-48(43(5,6)7,40-30-20-12-21-31-40)41-32-22-13-23-33-41/h9-24,26-37H,8,25H2,1-7H3/b15-9-,24-14+,35-34+/t36-,37-/m1/s1. The number of rotatable bonds is 14. The highest BCUT2D eigenvalue weighted by atomic mass is 127. The Balaban J connectivity index is 1.61. The smallest absolute Gasteiger partial charge is 0.261 e. The Labute approximate surface area is 306 Å². The molecule has 0 saturated carbocycles. The summed E-state index contributed by atoms with van der Waals surface area (Å²) in [6.07, 6.45) is 12.6. The maximum Gasteiger partial charge on any atom is 0.261 e. The number of hydrogen-bond donors (Lipinski definition) is 0. The summed E-state index contributed by atoms with van der Waals surface area (Å²) in [5.41, 5.74) is 0. The summed E-state index contributed by atoms with van der Waals surface area (Å²) in [4.78, 5) is 0. The minimum atomic E-state index is -2.67. The number of hydrogen-bond acceptors (Lipinski definition) is 2. The van der Waals surface area contributed by atoms with Gasteiger partial charge in [-0.3, -0.25) is 0 Å². The maximum atomic E-state index is 7.42. The van der Waals surface area contributed by atoms with Gasteiger partial charge in [-0.25, -0.2) is 0 Å². The van der Waals surface area contributed by atoms with Crippen molar-refractivity contribution in [1.82, 2.24) is 0 Å². The van der Waals surface area contributed by atoms with Gasteiger partial charge in [-0.05, 0) is 47.7 Å². The zero-order valence-electron chi connectivity index (χ0n) is 29.8. The summed E-state index contributed by atoms with van der Waals surface area (Å²) >= 11 is 2.32. The van der Waals surface area contributed by atoms with Gasteiger partial charge in [0.05, 0.1) is 12.2 Å². The van der Waals surface area contributed by atoms with Crippen molar-refractivity contribution in [3.63, 3.8) is 0 Å². The van der Waals surface area contributed by atoms with Crippen LogP contribution in [0.5, 0.6) is 0 Å².